The highest BCUT2D eigenvalue weighted by Gasteiger charge is 2.37. The van der Waals surface area contributed by atoms with Crippen LogP contribution < -0.4 is 14.5 Å². The van der Waals surface area contributed by atoms with Crippen LogP contribution >= 0.6 is 11.8 Å². The van der Waals surface area contributed by atoms with Gasteiger partial charge in [-0.15, -0.1) is 0 Å². The van der Waals surface area contributed by atoms with Crippen LogP contribution in [0.15, 0.2) is 82.7 Å². The normalized spacial score (nSPS) is 21.2. The van der Waals surface area contributed by atoms with Crippen LogP contribution in [0.2, 0.25) is 0 Å². The largest absolute Gasteiger partial charge is 0.496 e. The molecule has 0 bridgehead atoms. The smallest absolute Gasteiger partial charge is 0.271 e. The number of ether oxygens (including phenoxy) is 1. The summed E-state index contributed by atoms with van der Waals surface area (Å²) in [6.07, 6.45) is 3.00. The highest BCUT2D eigenvalue weighted by atomic mass is 32.2. The van der Waals surface area contributed by atoms with Crippen molar-refractivity contribution in [2.24, 2.45) is 4.99 Å². The molecule has 3 aromatic carbocycles. The number of hydrogen-bond donors (Lipinski definition) is 0. The Hall–Kier alpha value is -3.51. The minimum absolute atomic E-state index is 0.0632. The molecule has 3 aromatic rings. The van der Waals surface area contributed by atoms with Crippen molar-refractivity contribution < 1.29 is 9.53 Å². The first kappa shape index (κ1) is 24.2. The predicted octanol–water partition coefficient (Wildman–Crippen LogP) is 7.23. The Kier molecular flexibility index (Phi) is 6.39. The van der Waals surface area contributed by atoms with Gasteiger partial charge < -0.3 is 9.64 Å². The van der Waals surface area contributed by atoms with Gasteiger partial charge in [0.2, 0.25) is 0 Å². The van der Waals surface area contributed by atoms with Crippen LogP contribution in [-0.2, 0) is 4.79 Å². The van der Waals surface area contributed by atoms with Crippen molar-refractivity contribution in [1.82, 2.24) is 0 Å². The number of fused-ring (bicyclic) bond motifs is 1. The number of carbonyl (C=O) groups excluding carboxylic acids is 1. The van der Waals surface area contributed by atoms with Crippen LogP contribution in [0.3, 0.4) is 0 Å². The Morgan fingerprint density at radius 3 is 2.39 bits per heavy atom. The minimum atomic E-state index is -0.0908. The molecule has 0 saturated carbocycles. The molecule has 2 aliphatic heterocycles. The van der Waals surface area contributed by atoms with Crippen LogP contribution in [-0.4, -0.2) is 30.8 Å². The van der Waals surface area contributed by atoms with E-state index in [1.807, 2.05) is 66.7 Å². The van der Waals surface area contributed by atoms with Crippen LogP contribution in [0, 0.1) is 0 Å². The standard InChI is InChI=1S/C30H31N3O2S/c1-20-19-30(2,3)32(4)25-18-26(35-5)21(16-24(20)25)17-27-28(34)33(23-14-10-7-11-15-23)29(36-27)31-22-12-8-6-9-13-22/h6-18,20H,19H2,1-5H3/b27-17+,31-29?. The van der Waals surface area contributed by atoms with Gasteiger partial charge in [0.1, 0.15) is 5.75 Å². The van der Waals surface area contributed by atoms with E-state index in [0.717, 1.165) is 29.1 Å². The van der Waals surface area contributed by atoms with E-state index < -0.39 is 0 Å². The van der Waals surface area contributed by atoms with E-state index in [1.165, 1.54) is 23.0 Å². The summed E-state index contributed by atoms with van der Waals surface area (Å²) in [7, 11) is 3.83. The summed E-state index contributed by atoms with van der Waals surface area (Å²) in [5, 5.41) is 0.635. The number of aliphatic imine (C=N–C) groups is 1. The molecule has 0 spiro atoms. The fraction of sp³-hybridized carbons (Fsp3) is 0.267. The molecule has 6 heteroatoms. The number of methoxy groups -OCH3 is 1. The van der Waals surface area contributed by atoms with E-state index in [9.17, 15) is 4.79 Å². The molecular weight excluding hydrogens is 466 g/mol. The number of para-hydroxylation sites is 2. The summed E-state index contributed by atoms with van der Waals surface area (Å²) in [4.78, 5) is 23.2. The lowest BCUT2D eigenvalue weighted by Crippen LogP contribution is -2.45. The third-order valence-corrected chi connectivity index (χ3v) is 8.04. The number of hydrogen-bond acceptors (Lipinski definition) is 5. The zero-order chi connectivity index (χ0) is 25.4. The number of amidine groups is 1. The van der Waals surface area contributed by atoms with Gasteiger partial charge in [-0.05, 0) is 79.9 Å². The molecule has 5 rings (SSSR count). The van der Waals surface area contributed by atoms with E-state index in [4.69, 9.17) is 9.73 Å². The Bertz CT molecular complexity index is 1350. The Labute approximate surface area is 217 Å². The first-order chi connectivity index (χ1) is 17.3. The van der Waals surface area contributed by atoms with Crippen molar-refractivity contribution in [1.29, 1.82) is 0 Å². The Balaban J connectivity index is 1.59. The first-order valence-corrected chi connectivity index (χ1v) is 13.0. The molecule has 0 N–H and O–H groups in total. The van der Waals surface area contributed by atoms with Gasteiger partial charge in [-0.1, -0.05) is 43.3 Å². The third kappa shape index (κ3) is 4.42. The van der Waals surface area contributed by atoms with Gasteiger partial charge in [-0.3, -0.25) is 9.69 Å². The van der Waals surface area contributed by atoms with Gasteiger partial charge in [0, 0.05) is 29.9 Å². The second-order valence-corrected chi connectivity index (χ2v) is 11.0. The summed E-state index contributed by atoms with van der Waals surface area (Å²) in [5.74, 6) is 1.07. The average molecular weight is 498 g/mol. The molecule has 1 atom stereocenters. The van der Waals surface area contributed by atoms with Gasteiger partial charge in [0.15, 0.2) is 5.17 Å². The lowest BCUT2D eigenvalue weighted by molar-refractivity contribution is -0.113. The van der Waals surface area contributed by atoms with Crippen molar-refractivity contribution in [3.63, 3.8) is 0 Å². The molecule has 36 heavy (non-hydrogen) atoms. The summed E-state index contributed by atoms with van der Waals surface area (Å²) in [6.45, 7) is 6.82. The second kappa shape index (κ2) is 9.51. The fourth-order valence-electron chi connectivity index (χ4n) is 5.01. The Morgan fingerprint density at radius 1 is 1.06 bits per heavy atom. The second-order valence-electron chi connectivity index (χ2n) is 9.95. The van der Waals surface area contributed by atoms with E-state index in [2.05, 4.69) is 44.9 Å². The first-order valence-electron chi connectivity index (χ1n) is 12.2. The molecule has 1 saturated heterocycles. The van der Waals surface area contributed by atoms with Crippen LogP contribution in [0.4, 0.5) is 17.1 Å². The molecule has 2 aliphatic rings. The SMILES string of the molecule is COc1cc2c(cc1/C=C1/SC(=Nc3ccccc3)N(c3ccccc3)C1=O)C(C)CC(C)(C)N2C. The van der Waals surface area contributed by atoms with Crippen molar-refractivity contribution in [2.45, 2.75) is 38.6 Å². The molecule has 0 aliphatic carbocycles. The van der Waals surface area contributed by atoms with E-state index in [1.54, 1.807) is 12.0 Å². The molecule has 2 heterocycles. The van der Waals surface area contributed by atoms with Gasteiger partial charge in [0.25, 0.3) is 5.91 Å². The summed E-state index contributed by atoms with van der Waals surface area (Å²) in [6, 6.07) is 23.7. The predicted molar refractivity (Wildman–Crippen MR) is 152 cm³/mol. The molecule has 1 unspecified atom stereocenters. The van der Waals surface area contributed by atoms with Crippen LogP contribution in [0.25, 0.3) is 6.08 Å². The summed E-state index contributed by atoms with van der Waals surface area (Å²) in [5.41, 5.74) is 5.02. The molecule has 5 nitrogen and oxygen atoms in total. The average Bonchev–Trinajstić information content (AvgIpc) is 3.17. The van der Waals surface area contributed by atoms with E-state index >= 15 is 0 Å². The van der Waals surface area contributed by atoms with Gasteiger partial charge in [-0.25, -0.2) is 4.99 Å². The van der Waals surface area contributed by atoms with E-state index in [0.29, 0.717) is 16.0 Å². The summed E-state index contributed by atoms with van der Waals surface area (Å²) < 4.78 is 5.81. The van der Waals surface area contributed by atoms with Crippen LogP contribution in [0.5, 0.6) is 5.75 Å². The zero-order valence-electron chi connectivity index (χ0n) is 21.4. The van der Waals surface area contributed by atoms with Crippen molar-refractivity contribution in [2.75, 3.05) is 24.0 Å². The monoisotopic (exact) mass is 497 g/mol. The Morgan fingerprint density at radius 2 is 1.72 bits per heavy atom. The quantitative estimate of drug-likeness (QED) is 0.357. The number of anilines is 2. The van der Waals surface area contributed by atoms with E-state index in [-0.39, 0.29) is 11.4 Å². The number of amides is 1. The highest BCUT2D eigenvalue weighted by molar-refractivity contribution is 8.19. The van der Waals surface area contributed by atoms with Gasteiger partial charge >= 0.3 is 0 Å². The third-order valence-electron chi connectivity index (χ3n) is 7.07. The van der Waals surface area contributed by atoms with Gasteiger partial charge in [0.05, 0.1) is 23.4 Å². The minimum Gasteiger partial charge on any atom is -0.496 e. The number of benzene rings is 3. The van der Waals surface area contributed by atoms with Crippen LogP contribution in [0.1, 0.15) is 44.2 Å². The molecule has 1 fully saturated rings. The number of rotatable bonds is 4. The topological polar surface area (TPSA) is 45.1 Å². The summed E-state index contributed by atoms with van der Waals surface area (Å²) >= 11 is 1.39. The van der Waals surface area contributed by atoms with Gasteiger partial charge in [-0.2, -0.15) is 0 Å². The maximum Gasteiger partial charge on any atom is 0.271 e. The van der Waals surface area contributed by atoms with Crippen molar-refractivity contribution in [3.8, 4) is 5.75 Å². The number of carbonyl (C=O) groups is 1. The molecule has 0 aromatic heterocycles. The van der Waals surface area contributed by atoms with Crippen molar-refractivity contribution in [3.05, 3.63) is 88.8 Å². The maximum absolute atomic E-state index is 13.7. The molecular formula is C30H31N3O2S. The number of thioether (sulfide) groups is 1. The highest BCUT2D eigenvalue weighted by Crippen LogP contribution is 2.46. The lowest BCUT2D eigenvalue weighted by atomic mass is 9.80. The molecule has 184 valence electrons. The molecule has 1 amide bonds. The lowest BCUT2D eigenvalue weighted by Gasteiger charge is -2.45. The maximum atomic E-state index is 13.7. The van der Waals surface area contributed by atoms with Crippen molar-refractivity contribution >= 4 is 46.0 Å². The molecule has 0 radical (unpaired) electrons. The number of nitrogens with zero attached hydrogens (tertiary/aromatic N) is 3. The zero-order valence-corrected chi connectivity index (χ0v) is 22.2. The fourth-order valence-corrected chi connectivity index (χ4v) is 6.00.